The second-order valence-corrected chi connectivity index (χ2v) is 8.83. The Hall–Kier alpha value is -3.39. The topological polar surface area (TPSA) is 84.5 Å². The van der Waals surface area contributed by atoms with E-state index in [1.165, 1.54) is 36.4 Å². The average Bonchev–Trinajstić information content (AvgIpc) is 2.71. The SMILES string of the molecule is Cc1ccc(NS(=O)(=O)c2ccc(OCC(=O)Nc3ccccc3F)c(C)c2)cc1C. The molecule has 0 heterocycles. The number of anilines is 2. The Morgan fingerprint density at radius 1 is 0.935 bits per heavy atom. The molecular weight excluding hydrogens is 419 g/mol. The molecule has 0 aliphatic heterocycles. The van der Waals surface area contributed by atoms with Gasteiger partial charge in [0.1, 0.15) is 11.6 Å². The number of benzene rings is 3. The molecule has 3 aromatic rings. The first kappa shape index (κ1) is 22.3. The van der Waals surface area contributed by atoms with Crippen LogP contribution in [-0.2, 0) is 14.8 Å². The molecule has 162 valence electrons. The quantitative estimate of drug-likeness (QED) is 0.561. The Bertz CT molecular complexity index is 1230. The number of carbonyl (C=O) groups is 1. The van der Waals surface area contributed by atoms with E-state index in [1.807, 2.05) is 19.9 Å². The van der Waals surface area contributed by atoms with Gasteiger partial charge in [0.25, 0.3) is 15.9 Å². The van der Waals surface area contributed by atoms with E-state index in [2.05, 4.69) is 10.0 Å². The molecule has 0 saturated heterocycles. The third-order valence-electron chi connectivity index (χ3n) is 4.72. The molecule has 0 unspecified atom stereocenters. The smallest absolute Gasteiger partial charge is 0.262 e. The van der Waals surface area contributed by atoms with Crippen molar-refractivity contribution in [3.8, 4) is 5.75 Å². The fraction of sp³-hybridized carbons (Fsp3) is 0.174. The summed E-state index contributed by atoms with van der Waals surface area (Å²) in [7, 11) is -3.79. The monoisotopic (exact) mass is 442 g/mol. The van der Waals surface area contributed by atoms with E-state index in [-0.39, 0.29) is 17.2 Å². The van der Waals surface area contributed by atoms with E-state index in [4.69, 9.17) is 4.74 Å². The molecule has 31 heavy (non-hydrogen) atoms. The number of hydrogen-bond donors (Lipinski definition) is 2. The maximum Gasteiger partial charge on any atom is 0.262 e. The number of para-hydroxylation sites is 1. The number of aryl methyl sites for hydroxylation is 3. The van der Waals surface area contributed by atoms with Crippen LogP contribution in [0, 0.1) is 26.6 Å². The number of rotatable bonds is 7. The van der Waals surface area contributed by atoms with Crippen LogP contribution in [-0.4, -0.2) is 20.9 Å². The van der Waals surface area contributed by atoms with E-state index in [0.29, 0.717) is 17.0 Å². The molecule has 0 atom stereocenters. The first-order valence-corrected chi connectivity index (χ1v) is 11.0. The van der Waals surface area contributed by atoms with Crippen LogP contribution in [0.4, 0.5) is 15.8 Å². The summed E-state index contributed by atoms with van der Waals surface area (Å²) in [5, 5.41) is 2.43. The van der Waals surface area contributed by atoms with Crippen molar-refractivity contribution in [3.05, 3.63) is 83.2 Å². The largest absolute Gasteiger partial charge is 0.483 e. The molecule has 0 fully saturated rings. The first-order chi connectivity index (χ1) is 14.7. The van der Waals surface area contributed by atoms with Gasteiger partial charge < -0.3 is 10.1 Å². The molecular formula is C23H23FN2O4S. The third kappa shape index (κ3) is 5.61. The molecule has 0 saturated carbocycles. The second kappa shape index (κ2) is 9.18. The van der Waals surface area contributed by atoms with Crippen molar-refractivity contribution in [2.24, 2.45) is 0 Å². The van der Waals surface area contributed by atoms with E-state index >= 15 is 0 Å². The average molecular weight is 443 g/mol. The number of amides is 1. The van der Waals surface area contributed by atoms with Crippen LogP contribution in [0.1, 0.15) is 16.7 Å². The van der Waals surface area contributed by atoms with Gasteiger partial charge in [0.15, 0.2) is 6.61 Å². The highest BCUT2D eigenvalue weighted by atomic mass is 32.2. The Morgan fingerprint density at radius 3 is 2.35 bits per heavy atom. The lowest BCUT2D eigenvalue weighted by molar-refractivity contribution is -0.118. The lowest BCUT2D eigenvalue weighted by Crippen LogP contribution is -2.21. The van der Waals surface area contributed by atoms with Gasteiger partial charge in [-0.25, -0.2) is 12.8 Å². The van der Waals surface area contributed by atoms with Crippen LogP contribution in [0.5, 0.6) is 5.75 Å². The summed E-state index contributed by atoms with van der Waals surface area (Å²) in [6, 6.07) is 15.5. The van der Waals surface area contributed by atoms with Crippen LogP contribution in [0.15, 0.2) is 65.6 Å². The first-order valence-electron chi connectivity index (χ1n) is 9.53. The van der Waals surface area contributed by atoms with Gasteiger partial charge >= 0.3 is 0 Å². The van der Waals surface area contributed by atoms with Gasteiger partial charge in [-0.05, 0) is 79.9 Å². The molecule has 2 N–H and O–H groups in total. The molecule has 0 aromatic heterocycles. The third-order valence-corrected chi connectivity index (χ3v) is 6.10. The Labute approximate surface area is 181 Å². The van der Waals surface area contributed by atoms with Crippen molar-refractivity contribution in [2.75, 3.05) is 16.6 Å². The summed E-state index contributed by atoms with van der Waals surface area (Å²) in [6.45, 7) is 5.19. The lowest BCUT2D eigenvalue weighted by atomic mass is 10.1. The van der Waals surface area contributed by atoms with Crippen molar-refractivity contribution in [1.82, 2.24) is 0 Å². The minimum absolute atomic E-state index is 0.0617. The zero-order valence-electron chi connectivity index (χ0n) is 17.4. The standard InChI is InChI=1S/C23H23FN2O4S/c1-15-8-9-18(12-16(15)2)26-31(28,29)19-10-11-22(17(3)13-19)30-14-23(27)25-21-7-5-4-6-20(21)24/h4-13,26H,14H2,1-3H3,(H,25,27). The summed E-state index contributed by atoms with van der Waals surface area (Å²) < 4.78 is 47.1. The Balaban J connectivity index is 1.67. The Morgan fingerprint density at radius 2 is 1.68 bits per heavy atom. The summed E-state index contributed by atoms with van der Waals surface area (Å²) in [6.07, 6.45) is 0. The maximum absolute atomic E-state index is 13.6. The normalized spacial score (nSPS) is 11.1. The molecule has 0 aliphatic rings. The van der Waals surface area contributed by atoms with Crippen molar-refractivity contribution >= 4 is 27.3 Å². The highest BCUT2D eigenvalue weighted by Gasteiger charge is 2.17. The number of hydrogen-bond acceptors (Lipinski definition) is 4. The van der Waals surface area contributed by atoms with Crippen molar-refractivity contribution in [1.29, 1.82) is 0 Å². The van der Waals surface area contributed by atoms with Crippen LogP contribution < -0.4 is 14.8 Å². The van der Waals surface area contributed by atoms with Crippen LogP contribution >= 0.6 is 0 Å². The number of sulfonamides is 1. The van der Waals surface area contributed by atoms with Crippen molar-refractivity contribution in [2.45, 2.75) is 25.7 Å². The Kier molecular flexibility index (Phi) is 6.60. The van der Waals surface area contributed by atoms with E-state index < -0.39 is 21.7 Å². The molecule has 0 aliphatic carbocycles. The molecule has 0 spiro atoms. The molecule has 3 aromatic carbocycles. The van der Waals surface area contributed by atoms with Gasteiger partial charge in [-0.2, -0.15) is 0 Å². The minimum Gasteiger partial charge on any atom is -0.483 e. The summed E-state index contributed by atoms with van der Waals surface area (Å²) in [5.41, 5.74) is 3.13. The highest BCUT2D eigenvalue weighted by Crippen LogP contribution is 2.24. The van der Waals surface area contributed by atoms with Crippen LogP contribution in [0.25, 0.3) is 0 Å². The predicted octanol–water partition coefficient (Wildman–Crippen LogP) is 4.57. The van der Waals surface area contributed by atoms with Gasteiger partial charge in [-0.3, -0.25) is 9.52 Å². The predicted molar refractivity (Wildman–Crippen MR) is 118 cm³/mol. The molecule has 8 heteroatoms. The fourth-order valence-electron chi connectivity index (χ4n) is 2.86. The van der Waals surface area contributed by atoms with E-state index in [1.54, 1.807) is 25.1 Å². The zero-order valence-corrected chi connectivity index (χ0v) is 18.2. The summed E-state index contributed by atoms with van der Waals surface area (Å²) in [4.78, 5) is 12.1. The fourth-order valence-corrected chi connectivity index (χ4v) is 4.00. The minimum atomic E-state index is -3.79. The number of ether oxygens (including phenoxy) is 1. The van der Waals surface area contributed by atoms with E-state index in [0.717, 1.165) is 11.1 Å². The summed E-state index contributed by atoms with van der Waals surface area (Å²) >= 11 is 0. The van der Waals surface area contributed by atoms with Gasteiger partial charge in [-0.1, -0.05) is 18.2 Å². The molecule has 6 nitrogen and oxygen atoms in total. The number of nitrogens with one attached hydrogen (secondary N) is 2. The number of halogens is 1. The van der Waals surface area contributed by atoms with Gasteiger partial charge in [-0.15, -0.1) is 0 Å². The van der Waals surface area contributed by atoms with Crippen molar-refractivity contribution < 1.29 is 22.3 Å². The highest BCUT2D eigenvalue weighted by molar-refractivity contribution is 7.92. The van der Waals surface area contributed by atoms with Gasteiger partial charge in [0.2, 0.25) is 0 Å². The molecule has 0 radical (unpaired) electrons. The number of carbonyl (C=O) groups excluding carboxylic acids is 1. The second-order valence-electron chi connectivity index (χ2n) is 7.15. The van der Waals surface area contributed by atoms with E-state index in [9.17, 15) is 17.6 Å². The molecule has 0 bridgehead atoms. The lowest BCUT2D eigenvalue weighted by Gasteiger charge is -2.13. The van der Waals surface area contributed by atoms with Crippen LogP contribution in [0.2, 0.25) is 0 Å². The van der Waals surface area contributed by atoms with Gasteiger partial charge in [0.05, 0.1) is 10.6 Å². The molecule has 3 rings (SSSR count). The maximum atomic E-state index is 13.6. The van der Waals surface area contributed by atoms with Crippen molar-refractivity contribution in [3.63, 3.8) is 0 Å². The van der Waals surface area contributed by atoms with Gasteiger partial charge in [0, 0.05) is 5.69 Å². The summed E-state index contributed by atoms with van der Waals surface area (Å²) in [5.74, 6) is -0.718. The zero-order chi connectivity index (χ0) is 22.6. The molecule has 1 amide bonds. The van der Waals surface area contributed by atoms with Crippen LogP contribution in [0.3, 0.4) is 0 Å².